The fourth-order valence-corrected chi connectivity index (χ4v) is 2.33. The maximum absolute atomic E-state index is 11.9. The molecule has 0 radical (unpaired) electrons. The maximum Gasteiger partial charge on any atom is 0.255 e. The predicted octanol–water partition coefficient (Wildman–Crippen LogP) is 2.56. The molecular formula is C17H22ClN3O3. The monoisotopic (exact) mass is 351 g/mol. The van der Waals surface area contributed by atoms with Crippen molar-refractivity contribution in [2.45, 2.75) is 26.2 Å². The number of phenols is 2. The van der Waals surface area contributed by atoms with Crippen LogP contribution in [0.4, 0.5) is 5.82 Å². The van der Waals surface area contributed by atoms with E-state index in [4.69, 9.17) is 5.73 Å². The molecule has 0 spiro atoms. The van der Waals surface area contributed by atoms with Gasteiger partial charge in [0.25, 0.3) is 5.91 Å². The fraction of sp³-hybridized carbons (Fsp3) is 0.294. The standard InChI is InChI=1S/C17H21N3O3.ClH/c1-11-8-12(20-16(18)9-11)4-2-3-7-19-17(23)14-10-13(21)5-6-15(14)22;/h5-6,8-10,21-22H,2-4,7H2,1H3,(H2,18,20)(H,19,23);1H. The van der Waals surface area contributed by atoms with Crippen molar-refractivity contribution in [3.63, 3.8) is 0 Å². The molecule has 1 aromatic heterocycles. The van der Waals surface area contributed by atoms with Gasteiger partial charge in [0.05, 0.1) is 5.56 Å². The molecule has 7 heteroatoms. The average molecular weight is 352 g/mol. The number of benzene rings is 1. The zero-order valence-corrected chi connectivity index (χ0v) is 14.3. The van der Waals surface area contributed by atoms with Gasteiger partial charge in [-0.15, -0.1) is 12.4 Å². The molecule has 0 fully saturated rings. The van der Waals surface area contributed by atoms with Gasteiger partial charge in [0.1, 0.15) is 17.3 Å². The molecule has 0 saturated carbocycles. The third-order valence-electron chi connectivity index (χ3n) is 3.41. The van der Waals surface area contributed by atoms with Crippen LogP contribution in [0.15, 0.2) is 30.3 Å². The summed E-state index contributed by atoms with van der Waals surface area (Å²) in [6.45, 7) is 2.46. The smallest absolute Gasteiger partial charge is 0.255 e. The molecule has 5 N–H and O–H groups in total. The van der Waals surface area contributed by atoms with Crippen molar-refractivity contribution >= 4 is 24.1 Å². The van der Waals surface area contributed by atoms with Gasteiger partial charge < -0.3 is 21.3 Å². The van der Waals surface area contributed by atoms with Gasteiger partial charge in [-0.25, -0.2) is 4.98 Å². The molecule has 0 bridgehead atoms. The first-order valence-electron chi connectivity index (χ1n) is 7.49. The molecule has 0 atom stereocenters. The number of hydrogen-bond donors (Lipinski definition) is 4. The van der Waals surface area contributed by atoms with E-state index in [1.54, 1.807) is 0 Å². The van der Waals surface area contributed by atoms with Gasteiger partial charge in [-0.3, -0.25) is 4.79 Å². The first kappa shape index (κ1) is 19.6. The Morgan fingerprint density at radius 3 is 2.67 bits per heavy atom. The number of aryl methyl sites for hydroxylation is 2. The minimum Gasteiger partial charge on any atom is -0.508 e. The van der Waals surface area contributed by atoms with Gasteiger partial charge in [0, 0.05) is 12.2 Å². The number of nitrogens with two attached hydrogens (primary N) is 1. The number of nitrogens with zero attached hydrogens (tertiary/aromatic N) is 1. The van der Waals surface area contributed by atoms with Crippen molar-refractivity contribution in [3.8, 4) is 11.5 Å². The van der Waals surface area contributed by atoms with Crippen molar-refractivity contribution in [1.29, 1.82) is 0 Å². The van der Waals surface area contributed by atoms with Crippen molar-refractivity contribution < 1.29 is 15.0 Å². The number of hydrogen-bond acceptors (Lipinski definition) is 5. The highest BCUT2D eigenvalue weighted by atomic mass is 35.5. The summed E-state index contributed by atoms with van der Waals surface area (Å²) < 4.78 is 0. The van der Waals surface area contributed by atoms with Crippen LogP contribution in [0.5, 0.6) is 11.5 Å². The van der Waals surface area contributed by atoms with Gasteiger partial charge in [0.2, 0.25) is 0 Å². The minimum absolute atomic E-state index is 0. The highest BCUT2D eigenvalue weighted by Gasteiger charge is 2.11. The second-order valence-corrected chi connectivity index (χ2v) is 5.48. The number of phenolic OH excluding ortho intramolecular Hbond substituents is 2. The van der Waals surface area contributed by atoms with Crippen LogP contribution in [0.3, 0.4) is 0 Å². The lowest BCUT2D eigenvalue weighted by molar-refractivity contribution is 0.0950. The Bertz CT molecular complexity index is 687. The number of unbranched alkanes of at least 4 members (excludes halogenated alkanes) is 1. The van der Waals surface area contributed by atoms with Gasteiger partial charge in [-0.2, -0.15) is 0 Å². The first-order valence-corrected chi connectivity index (χ1v) is 7.49. The second-order valence-electron chi connectivity index (χ2n) is 5.48. The SMILES string of the molecule is Cc1cc(N)nc(CCCCNC(=O)c2cc(O)ccc2O)c1.Cl. The van der Waals surface area contributed by atoms with Crippen LogP contribution in [0.25, 0.3) is 0 Å². The molecule has 130 valence electrons. The van der Waals surface area contributed by atoms with Crippen LogP contribution < -0.4 is 11.1 Å². The van der Waals surface area contributed by atoms with Crippen molar-refractivity contribution in [2.75, 3.05) is 12.3 Å². The molecular weight excluding hydrogens is 330 g/mol. The molecule has 2 aromatic rings. The van der Waals surface area contributed by atoms with Gasteiger partial charge >= 0.3 is 0 Å². The van der Waals surface area contributed by atoms with Crippen LogP contribution in [-0.2, 0) is 6.42 Å². The number of aromatic nitrogens is 1. The summed E-state index contributed by atoms with van der Waals surface area (Å²) in [5.74, 6) is -0.0974. The van der Waals surface area contributed by atoms with Crippen LogP contribution in [0, 0.1) is 6.92 Å². The lowest BCUT2D eigenvalue weighted by Gasteiger charge is -2.07. The number of pyridine rings is 1. The minimum atomic E-state index is -0.406. The third kappa shape index (κ3) is 5.62. The number of rotatable bonds is 6. The molecule has 6 nitrogen and oxygen atoms in total. The molecule has 0 aliphatic heterocycles. The summed E-state index contributed by atoms with van der Waals surface area (Å²) >= 11 is 0. The quantitative estimate of drug-likeness (QED) is 0.472. The number of nitrogen functional groups attached to an aromatic ring is 1. The van der Waals surface area contributed by atoms with E-state index in [-0.39, 0.29) is 29.5 Å². The average Bonchev–Trinajstić information content (AvgIpc) is 2.48. The lowest BCUT2D eigenvalue weighted by atomic mass is 10.1. The Kier molecular flexibility index (Phi) is 7.32. The summed E-state index contributed by atoms with van der Waals surface area (Å²) in [5, 5.41) is 21.7. The number of halogens is 1. The Morgan fingerprint density at radius 1 is 1.21 bits per heavy atom. The molecule has 1 aromatic carbocycles. The summed E-state index contributed by atoms with van der Waals surface area (Å²) in [6, 6.07) is 7.68. The Balaban J connectivity index is 0.00000288. The molecule has 1 amide bonds. The number of anilines is 1. The van der Waals surface area contributed by atoms with E-state index in [0.29, 0.717) is 12.4 Å². The number of carbonyl (C=O) groups excluding carboxylic acids is 1. The van der Waals surface area contributed by atoms with E-state index in [9.17, 15) is 15.0 Å². The van der Waals surface area contributed by atoms with Gasteiger partial charge in [-0.05, 0) is 62.1 Å². The third-order valence-corrected chi connectivity index (χ3v) is 3.41. The number of nitrogens with one attached hydrogen (secondary N) is 1. The van der Waals surface area contributed by atoms with E-state index in [1.165, 1.54) is 18.2 Å². The predicted molar refractivity (Wildman–Crippen MR) is 95.7 cm³/mol. The topological polar surface area (TPSA) is 108 Å². The normalized spacial score (nSPS) is 10.0. The van der Waals surface area contributed by atoms with Crippen LogP contribution in [0.2, 0.25) is 0 Å². The molecule has 0 aliphatic carbocycles. The molecule has 1 heterocycles. The molecule has 2 rings (SSSR count). The Hall–Kier alpha value is -2.47. The molecule has 0 aliphatic rings. The zero-order valence-electron chi connectivity index (χ0n) is 13.5. The molecule has 24 heavy (non-hydrogen) atoms. The van der Waals surface area contributed by atoms with Crippen LogP contribution in [-0.4, -0.2) is 27.6 Å². The Labute approximate surface area is 147 Å². The highest BCUT2D eigenvalue weighted by molar-refractivity contribution is 5.97. The summed E-state index contributed by atoms with van der Waals surface area (Å²) in [5.41, 5.74) is 7.80. The highest BCUT2D eigenvalue weighted by Crippen LogP contribution is 2.21. The number of aromatic hydroxyl groups is 2. The molecule has 0 saturated heterocycles. The van der Waals surface area contributed by atoms with Crippen molar-refractivity contribution in [3.05, 3.63) is 47.2 Å². The summed E-state index contributed by atoms with van der Waals surface area (Å²) in [6.07, 6.45) is 2.43. The van der Waals surface area contributed by atoms with E-state index in [1.807, 2.05) is 19.1 Å². The van der Waals surface area contributed by atoms with Gasteiger partial charge in [-0.1, -0.05) is 0 Å². The summed E-state index contributed by atoms with van der Waals surface area (Å²) in [4.78, 5) is 16.2. The van der Waals surface area contributed by atoms with E-state index < -0.39 is 5.91 Å². The lowest BCUT2D eigenvalue weighted by Crippen LogP contribution is -2.24. The maximum atomic E-state index is 11.9. The van der Waals surface area contributed by atoms with E-state index in [2.05, 4.69) is 10.3 Å². The first-order chi connectivity index (χ1) is 11.0. The van der Waals surface area contributed by atoms with E-state index in [0.717, 1.165) is 30.5 Å². The second kappa shape index (κ2) is 8.98. The van der Waals surface area contributed by atoms with Crippen molar-refractivity contribution in [2.24, 2.45) is 0 Å². The van der Waals surface area contributed by atoms with Gasteiger partial charge in [0.15, 0.2) is 0 Å². The van der Waals surface area contributed by atoms with Crippen molar-refractivity contribution in [1.82, 2.24) is 10.3 Å². The van der Waals surface area contributed by atoms with Crippen LogP contribution in [0.1, 0.15) is 34.5 Å². The fourth-order valence-electron chi connectivity index (χ4n) is 2.33. The number of amides is 1. The summed E-state index contributed by atoms with van der Waals surface area (Å²) in [7, 11) is 0. The van der Waals surface area contributed by atoms with E-state index >= 15 is 0 Å². The molecule has 0 unspecified atom stereocenters. The zero-order chi connectivity index (χ0) is 16.8. The number of carbonyl (C=O) groups is 1. The van der Waals surface area contributed by atoms with Crippen LogP contribution >= 0.6 is 12.4 Å². The largest absolute Gasteiger partial charge is 0.508 e. The Morgan fingerprint density at radius 2 is 1.96 bits per heavy atom.